The molecule has 3 aromatic heterocycles. The third-order valence-electron chi connectivity index (χ3n) is 4.98. The molecule has 34 heavy (non-hydrogen) atoms. The van der Waals surface area contributed by atoms with Gasteiger partial charge in [0.15, 0.2) is 11.2 Å². The molecule has 0 bridgehead atoms. The summed E-state index contributed by atoms with van der Waals surface area (Å²) >= 11 is 5.90. The molecule has 0 saturated carbocycles. The minimum absolute atomic E-state index is 0.0685. The lowest BCUT2D eigenvalue weighted by Crippen LogP contribution is -2.21. The Morgan fingerprint density at radius 3 is 2.44 bits per heavy atom. The molecule has 0 aliphatic rings. The summed E-state index contributed by atoms with van der Waals surface area (Å²) in [6.45, 7) is 0.254. The maximum atomic E-state index is 12.8. The number of fused-ring (bicyclic) bond motifs is 1. The molecule has 0 aliphatic heterocycles. The zero-order chi connectivity index (χ0) is 23.9. The van der Waals surface area contributed by atoms with E-state index in [1.54, 1.807) is 12.1 Å². The molecule has 9 nitrogen and oxygen atoms in total. The van der Waals surface area contributed by atoms with Gasteiger partial charge in [0, 0.05) is 10.6 Å². The van der Waals surface area contributed by atoms with Crippen molar-refractivity contribution in [2.75, 3.05) is 0 Å². The van der Waals surface area contributed by atoms with Gasteiger partial charge >= 0.3 is 6.18 Å². The van der Waals surface area contributed by atoms with Crippen LogP contribution >= 0.6 is 11.6 Å². The van der Waals surface area contributed by atoms with Gasteiger partial charge in [0.05, 0.1) is 12.1 Å². The van der Waals surface area contributed by atoms with Crippen molar-refractivity contribution in [2.24, 2.45) is 0 Å². The number of rotatable bonds is 5. The highest BCUT2D eigenvalue weighted by molar-refractivity contribution is 6.30. The lowest BCUT2D eigenvalue weighted by molar-refractivity contribution is -0.137. The van der Waals surface area contributed by atoms with E-state index in [9.17, 15) is 18.0 Å². The van der Waals surface area contributed by atoms with Crippen LogP contribution in [0.25, 0.3) is 22.6 Å². The smallest absolute Gasteiger partial charge is 0.337 e. The van der Waals surface area contributed by atoms with Crippen molar-refractivity contribution < 1.29 is 17.7 Å². The Kier molecular flexibility index (Phi) is 5.36. The van der Waals surface area contributed by atoms with Crippen LogP contribution in [0.5, 0.6) is 0 Å². The van der Waals surface area contributed by atoms with Crippen molar-refractivity contribution in [2.45, 2.75) is 19.3 Å². The van der Waals surface area contributed by atoms with Crippen LogP contribution in [0.2, 0.25) is 5.02 Å². The van der Waals surface area contributed by atoms with E-state index in [4.69, 9.17) is 16.1 Å². The van der Waals surface area contributed by atoms with Crippen molar-refractivity contribution >= 4 is 22.8 Å². The van der Waals surface area contributed by atoms with E-state index in [1.807, 2.05) is 12.1 Å². The SMILES string of the molecule is O=c1c2nnn(Cc3ccc(Cl)cc3)c2ncn1Cc1nc(-c2ccc(C(F)(F)F)cc2)no1. The Morgan fingerprint density at radius 1 is 1.00 bits per heavy atom. The second-order valence-corrected chi connectivity index (χ2v) is 7.75. The van der Waals surface area contributed by atoms with Gasteiger partial charge in [0.2, 0.25) is 11.7 Å². The van der Waals surface area contributed by atoms with Crippen molar-refractivity contribution in [3.05, 3.63) is 87.3 Å². The van der Waals surface area contributed by atoms with Gasteiger partial charge in [-0.3, -0.25) is 9.36 Å². The zero-order valence-electron chi connectivity index (χ0n) is 17.1. The van der Waals surface area contributed by atoms with Crippen molar-refractivity contribution in [1.82, 2.24) is 34.7 Å². The molecule has 0 fully saturated rings. The van der Waals surface area contributed by atoms with E-state index in [1.165, 1.54) is 27.7 Å². The molecule has 0 amide bonds. The van der Waals surface area contributed by atoms with Crippen LogP contribution in [0, 0.1) is 0 Å². The maximum Gasteiger partial charge on any atom is 0.416 e. The molecule has 0 N–H and O–H groups in total. The summed E-state index contributed by atoms with van der Waals surface area (Å²) in [6.07, 6.45) is -3.13. The summed E-state index contributed by atoms with van der Waals surface area (Å²) in [5.41, 5.74) is 0.389. The summed E-state index contributed by atoms with van der Waals surface area (Å²) in [5, 5.41) is 12.4. The second kappa shape index (κ2) is 8.37. The average Bonchev–Trinajstić information content (AvgIpc) is 3.44. The van der Waals surface area contributed by atoms with Crippen LogP contribution in [0.4, 0.5) is 13.2 Å². The predicted octanol–water partition coefficient (Wildman–Crippen LogP) is 3.81. The van der Waals surface area contributed by atoms with Gasteiger partial charge in [0.1, 0.15) is 12.9 Å². The van der Waals surface area contributed by atoms with Gasteiger partial charge in [-0.05, 0) is 29.8 Å². The van der Waals surface area contributed by atoms with Crippen LogP contribution in [0.3, 0.4) is 0 Å². The minimum atomic E-state index is -4.44. The van der Waals surface area contributed by atoms with E-state index in [0.717, 1.165) is 17.7 Å². The first kappa shape index (κ1) is 21.8. The maximum absolute atomic E-state index is 12.8. The fraction of sp³-hybridized carbons (Fsp3) is 0.143. The Morgan fingerprint density at radius 2 is 1.74 bits per heavy atom. The van der Waals surface area contributed by atoms with Crippen molar-refractivity contribution in [3.8, 4) is 11.4 Å². The lowest BCUT2D eigenvalue weighted by atomic mass is 10.1. The number of nitrogens with zero attached hydrogens (tertiary/aromatic N) is 7. The van der Waals surface area contributed by atoms with Crippen LogP contribution in [-0.4, -0.2) is 34.7 Å². The summed E-state index contributed by atoms with van der Waals surface area (Å²) in [5.74, 6) is 0.173. The highest BCUT2D eigenvalue weighted by Crippen LogP contribution is 2.30. The summed E-state index contributed by atoms with van der Waals surface area (Å²) < 4.78 is 46.1. The fourth-order valence-electron chi connectivity index (χ4n) is 3.26. The molecule has 0 unspecified atom stereocenters. The van der Waals surface area contributed by atoms with Crippen molar-refractivity contribution in [1.29, 1.82) is 0 Å². The Hall–Kier alpha value is -4.06. The topological polar surface area (TPSA) is 105 Å². The molecule has 0 atom stereocenters. The molecule has 0 saturated heterocycles. The molecule has 0 spiro atoms. The predicted molar refractivity (Wildman–Crippen MR) is 114 cm³/mol. The van der Waals surface area contributed by atoms with Crippen LogP contribution in [-0.2, 0) is 19.3 Å². The zero-order valence-corrected chi connectivity index (χ0v) is 17.8. The van der Waals surface area contributed by atoms with E-state index in [0.29, 0.717) is 22.8 Å². The molecule has 5 aromatic rings. The lowest BCUT2D eigenvalue weighted by Gasteiger charge is -2.05. The molecule has 0 aliphatic carbocycles. The first-order chi connectivity index (χ1) is 16.3. The standard InChI is InChI=1S/C21H13ClF3N7O2/c22-15-7-1-12(2-8-15)9-32-19-17(28-30-32)20(33)31(11-26-19)10-16-27-18(29-34-16)13-3-5-14(6-4-13)21(23,24)25/h1-8,11H,9-10H2. The number of benzene rings is 2. The Labute approximate surface area is 193 Å². The molecule has 13 heteroatoms. The molecule has 3 heterocycles. The Bertz CT molecular complexity index is 1520. The number of halogens is 4. The normalized spacial score (nSPS) is 11.9. The monoisotopic (exact) mass is 487 g/mol. The summed E-state index contributed by atoms with van der Waals surface area (Å²) in [7, 11) is 0. The van der Waals surface area contributed by atoms with E-state index < -0.39 is 17.3 Å². The number of hydrogen-bond acceptors (Lipinski definition) is 7. The first-order valence-corrected chi connectivity index (χ1v) is 10.2. The third-order valence-corrected chi connectivity index (χ3v) is 5.23. The summed E-state index contributed by atoms with van der Waals surface area (Å²) in [6, 6.07) is 11.5. The second-order valence-electron chi connectivity index (χ2n) is 7.31. The molecular weight excluding hydrogens is 475 g/mol. The van der Waals surface area contributed by atoms with Gasteiger partial charge in [-0.1, -0.05) is 46.2 Å². The van der Waals surface area contributed by atoms with Gasteiger partial charge in [-0.25, -0.2) is 9.67 Å². The minimum Gasteiger partial charge on any atom is -0.337 e. The van der Waals surface area contributed by atoms with Crippen LogP contribution < -0.4 is 5.56 Å². The molecule has 2 aromatic carbocycles. The highest BCUT2D eigenvalue weighted by Gasteiger charge is 2.30. The van der Waals surface area contributed by atoms with Gasteiger partial charge < -0.3 is 4.52 Å². The molecule has 5 rings (SSSR count). The van der Waals surface area contributed by atoms with Gasteiger partial charge in [-0.2, -0.15) is 18.2 Å². The average molecular weight is 488 g/mol. The largest absolute Gasteiger partial charge is 0.416 e. The number of aromatic nitrogens is 7. The van der Waals surface area contributed by atoms with E-state index >= 15 is 0 Å². The van der Waals surface area contributed by atoms with Crippen LogP contribution in [0.15, 0.2) is 64.2 Å². The van der Waals surface area contributed by atoms with Gasteiger partial charge in [-0.15, -0.1) is 5.10 Å². The number of alkyl halides is 3. The quantitative estimate of drug-likeness (QED) is 0.371. The molecule has 0 radical (unpaired) electrons. The highest BCUT2D eigenvalue weighted by atomic mass is 35.5. The third kappa shape index (κ3) is 4.27. The molecular formula is C21H13ClF3N7O2. The summed E-state index contributed by atoms with van der Waals surface area (Å²) in [4.78, 5) is 21.3. The number of hydrogen-bond donors (Lipinski definition) is 0. The van der Waals surface area contributed by atoms with E-state index in [2.05, 4.69) is 25.4 Å². The fourth-order valence-corrected chi connectivity index (χ4v) is 3.39. The Balaban J connectivity index is 1.36. The van der Waals surface area contributed by atoms with Gasteiger partial charge in [0.25, 0.3) is 5.56 Å². The molecule has 172 valence electrons. The first-order valence-electron chi connectivity index (χ1n) is 9.81. The van der Waals surface area contributed by atoms with Crippen LogP contribution in [0.1, 0.15) is 17.0 Å². The van der Waals surface area contributed by atoms with E-state index in [-0.39, 0.29) is 23.8 Å². The van der Waals surface area contributed by atoms with Crippen molar-refractivity contribution in [3.63, 3.8) is 0 Å².